The number of nitrogens with one attached hydrogen (secondary N) is 2. The first kappa shape index (κ1) is 16.7. The molecular weight excluding hydrogens is 330 g/mol. The molecule has 0 unspecified atom stereocenters. The monoisotopic (exact) mass is 353 g/mol. The van der Waals surface area contributed by atoms with Crippen LogP contribution in [0.1, 0.15) is 6.42 Å². The van der Waals surface area contributed by atoms with Crippen LogP contribution in [0.15, 0.2) is 42.7 Å². The van der Waals surface area contributed by atoms with Crippen LogP contribution in [0.2, 0.25) is 0 Å². The summed E-state index contributed by atoms with van der Waals surface area (Å²) in [6, 6.07) is 9.89. The molecule has 0 saturated carbocycles. The van der Waals surface area contributed by atoms with E-state index in [9.17, 15) is 0 Å². The van der Waals surface area contributed by atoms with E-state index < -0.39 is 0 Å². The molecule has 1 aliphatic heterocycles. The highest BCUT2D eigenvalue weighted by Gasteiger charge is 2.11. The van der Waals surface area contributed by atoms with Crippen LogP contribution in [0.5, 0.6) is 0 Å². The fourth-order valence-corrected chi connectivity index (χ4v) is 2.98. The number of rotatable bonds is 7. The molecule has 2 aromatic heterocycles. The molecule has 0 bridgehead atoms. The molecule has 8 nitrogen and oxygen atoms in total. The molecule has 0 amide bonds. The van der Waals surface area contributed by atoms with Crippen molar-refractivity contribution in [2.45, 2.75) is 6.42 Å². The second-order valence-electron chi connectivity index (χ2n) is 6.20. The van der Waals surface area contributed by atoms with Gasteiger partial charge in [0.2, 0.25) is 5.95 Å². The van der Waals surface area contributed by atoms with E-state index in [1.165, 1.54) is 0 Å². The summed E-state index contributed by atoms with van der Waals surface area (Å²) < 4.78 is 7.12. The van der Waals surface area contributed by atoms with Crippen LogP contribution in [0.25, 0.3) is 5.65 Å². The van der Waals surface area contributed by atoms with Crippen molar-refractivity contribution in [3.63, 3.8) is 0 Å². The molecule has 8 heteroatoms. The predicted octanol–water partition coefficient (Wildman–Crippen LogP) is 2.00. The van der Waals surface area contributed by atoms with Crippen LogP contribution in [0.3, 0.4) is 0 Å². The maximum absolute atomic E-state index is 5.38. The van der Waals surface area contributed by atoms with Crippen molar-refractivity contribution in [3.05, 3.63) is 42.7 Å². The lowest BCUT2D eigenvalue weighted by molar-refractivity contribution is 0.0378. The molecule has 0 radical (unpaired) electrons. The average Bonchev–Trinajstić information content (AvgIpc) is 3.10. The molecule has 1 aliphatic rings. The lowest BCUT2D eigenvalue weighted by Crippen LogP contribution is -2.37. The highest BCUT2D eigenvalue weighted by Crippen LogP contribution is 2.17. The molecule has 1 aromatic carbocycles. The van der Waals surface area contributed by atoms with Crippen molar-refractivity contribution < 1.29 is 4.74 Å². The number of anilines is 3. The minimum Gasteiger partial charge on any atom is -0.379 e. The summed E-state index contributed by atoms with van der Waals surface area (Å²) in [5.41, 5.74) is 1.67. The summed E-state index contributed by atoms with van der Waals surface area (Å²) in [6.45, 7) is 5.63. The van der Waals surface area contributed by atoms with E-state index >= 15 is 0 Å². The van der Waals surface area contributed by atoms with Crippen LogP contribution in [0.4, 0.5) is 17.5 Å². The van der Waals surface area contributed by atoms with Gasteiger partial charge in [0.15, 0.2) is 11.5 Å². The largest absolute Gasteiger partial charge is 0.379 e. The Hall–Kier alpha value is -2.71. The summed E-state index contributed by atoms with van der Waals surface area (Å²) in [4.78, 5) is 11.4. The third-order valence-electron chi connectivity index (χ3n) is 4.33. The Kier molecular flexibility index (Phi) is 5.22. The minimum absolute atomic E-state index is 0.556. The number of morpholine rings is 1. The Morgan fingerprint density at radius 3 is 2.81 bits per heavy atom. The van der Waals surface area contributed by atoms with Gasteiger partial charge >= 0.3 is 0 Å². The fourth-order valence-electron chi connectivity index (χ4n) is 2.98. The topological polar surface area (TPSA) is 79.6 Å². The lowest BCUT2D eigenvalue weighted by atomic mass is 10.3. The van der Waals surface area contributed by atoms with Gasteiger partial charge in [0.1, 0.15) is 0 Å². The average molecular weight is 353 g/mol. The summed E-state index contributed by atoms with van der Waals surface area (Å²) in [5, 5.41) is 11.1. The smallest absolute Gasteiger partial charge is 0.247 e. The van der Waals surface area contributed by atoms with Crippen LogP contribution >= 0.6 is 0 Å². The zero-order valence-electron chi connectivity index (χ0n) is 14.6. The van der Waals surface area contributed by atoms with E-state index in [1.54, 1.807) is 16.9 Å². The van der Waals surface area contributed by atoms with Crippen LogP contribution in [-0.4, -0.2) is 63.9 Å². The zero-order chi connectivity index (χ0) is 17.6. The normalized spacial score (nSPS) is 15.2. The van der Waals surface area contributed by atoms with E-state index in [0.717, 1.165) is 63.0 Å². The minimum atomic E-state index is 0.556. The van der Waals surface area contributed by atoms with E-state index in [4.69, 9.17) is 4.74 Å². The Bertz CT molecular complexity index is 830. The molecule has 3 heterocycles. The number of benzene rings is 1. The molecule has 4 rings (SSSR count). The first-order valence-electron chi connectivity index (χ1n) is 8.96. The highest BCUT2D eigenvalue weighted by atomic mass is 16.5. The third-order valence-corrected chi connectivity index (χ3v) is 4.33. The van der Waals surface area contributed by atoms with Gasteiger partial charge in [-0.3, -0.25) is 4.90 Å². The molecule has 1 saturated heterocycles. The van der Waals surface area contributed by atoms with E-state index in [2.05, 4.69) is 30.6 Å². The molecular formula is C18H23N7O. The number of hydrogen-bond donors (Lipinski definition) is 2. The van der Waals surface area contributed by atoms with Crippen LogP contribution < -0.4 is 10.6 Å². The van der Waals surface area contributed by atoms with Gasteiger partial charge in [0, 0.05) is 37.7 Å². The SMILES string of the molecule is c1ccc(Nc2nc3c(NCCCN4CCOCC4)nccn3n2)cc1. The summed E-state index contributed by atoms with van der Waals surface area (Å²) >= 11 is 0. The highest BCUT2D eigenvalue weighted by molar-refractivity contribution is 5.65. The van der Waals surface area contributed by atoms with Crippen molar-refractivity contribution in [3.8, 4) is 0 Å². The molecule has 1 fully saturated rings. The van der Waals surface area contributed by atoms with Gasteiger partial charge < -0.3 is 15.4 Å². The molecule has 2 N–H and O–H groups in total. The Balaban J connectivity index is 1.37. The van der Waals surface area contributed by atoms with Crippen LogP contribution in [0, 0.1) is 0 Å². The first-order valence-corrected chi connectivity index (χ1v) is 8.96. The van der Waals surface area contributed by atoms with Gasteiger partial charge in [-0.05, 0) is 25.1 Å². The lowest BCUT2D eigenvalue weighted by Gasteiger charge is -2.26. The predicted molar refractivity (Wildman–Crippen MR) is 101 cm³/mol. The van der Waals surface area contributed by atoms with Gasteiger partial charge in [-0.1, -0.05) is 18.2 Å². The molecule has 3 aromatic rings. The van der Waals surface area contributed by atoms with Crippen molar-refractivity contribution in [2.75, 3.05) is 50.0 Å². The quantitative estimate of drug-likeness (QED) is 0.629. The van der Waals surface area contributed by atoms with Crippen molar-refractivity contribution in [1.82, 2.24) is 24.5 Å². The Morgan fingerprint density at radius 1 is 1.12 bits per heavy atom. The van der Waals surface area contributed by atoms with Gasteiger partial charge in [-0.2, -0.15) is 4.98 Å². The second kappa shape index (κ2) is 8.11. The standard InChI is InChI=1S/C18H23N7O/c1-2-5-15(6-3-1)21-18-22-17-16(20-8-10-25(17)23-18)19-7-4-9-24-11-13-26-14-12-24/h1-3,5-6,8,10H,4,7,9,11-14H2,(H,19,20)(H,21,23). The molecule has 0 atom stereocenters. The maximum Gasteiger partial charge on any atom is 0.247 e. The summed E-state index contributed by atoms with van der Waals surface area (Å²) in [6.07, 6.45) is 4.59. The molecule has 0 spiro atoms. The third kappa shape index (κ3) is 4.09. The van der Waals surface area contributed by atoms with E-state index in [1.807, 2.05) is 30.3 Å². The Labute approximate surface area is 152 Å². The van der Waals surface area contributed by atoms with Gasteiger partial charge in [0.05, 0.1) is 13.2 Å². The number of hydrogen-bond acceptors (Lipinski definition) is 7. The van der Waals surface area contributed by atoms with Crippen molar-refractivity contribution in [1.29, 1.82) is 0 Å². The number of aromatic nitrogens is 4. The van der Waals surface area contributed by atoms with Gasteiger partial charge in [-0.15, -0.1) is 5.10 Å². The van der Waals surface area contributed by atoms with Crippen LogP contribution in [-0.2, 0) is 4.74 Å². The van der Waals surface area contributed by atoms with Gasteiger partial charge in [-0.25, -0.2) is 9.50 Å². The fraction of sp³-hybridized carbons (Fsp3) is 0.389. The molecule has 0 aliphatic carbocycles. The van der Waals surface area contributed by atoms with Crippen molar-refractivity contribution >= 4 is 23.1 Å². The van der Waals surface area contributed by atoms with E-state index in [-0.39, 0.29) is 0 Å². The summed E-state index contributed by atoms with van der Waals surface area (Å²) in [7, 11) is 0. The molecule has 136 valence electrons. The van der Waals surface area contributed by atoms with Crippen molar-refractivity contribution in [2.24, 2.45) is 0 Å². The van der Waals surface area contributed by atoms with E-state index in [0.29, 0.717) is 5.95 Å². The number of fused-ring (bicyclic) bond motifs is 1. The Morgan fingerprint density at radius 2 is 1.96 bits per heavy atom. The number of para-hydroxylation sites is 1. The molecule has 26 heavy (non-hydrogen) atoms. The number of ether oxygens (including phenoxy) is 1. The first-order chi connectivity index (χ1) is 12.9. The van der Waals surface area contributed by atoms with Gasteiger partial charge in [0.25, 0.3) is 0 Å². The second-order valence-corrected chi connectivity index (χ2v) is 6.20. The summed E-state index contributed by atoms with van der Waals surface area (Å²) in [5.74, 6) is 1.31. The zero-order valence-corrected chi connectivity index (χ0v) is 14.6. The maximum atomic E-state index is 5.38. The number of nitrogens with zero attached hydrogens (tertiary/aromatic N) is 5.